The standard InChI is InChI=1S/C22H25N3O4S2/c1-18-3-2-4-19(17-18)25-10-9-23-22(25)30-16-15-29-20-5-7-21(8-6-20)31(26,27)24-11-13-28-14-12-24/h2-10,17H,11-16H2,1H3. The number of hydrogen-bond acceptors (Lipinski definition) is 6. The molecule has 0 bridgehead atoms. The van der Waals surface area contributed by atoms with E-state index >= 15 is 0 Å². The molecule has 1 aliphatic rings. The number of aromatic nitrogens is 2. The normalized spacial score (nSPS) is 15.1. The monoisotopic (exact) mass is 459 g/mol. The molecule has 2 aromatic carbocycles. The van der Waals surface area contributed by atoms with E-state index in [1.54, 1.807) is 42.2 Å². The molecule has 1 aromatic heterocycles. The van der Waals surface area contributed by atoms with Gasteiger partial charge in [0, 0.05) is 36.9 Å². The Kier molecular flexibility index (Phi) is 6.96. The number of hydrogen-bond donors (Lipinski definition) is 0. The van der Waals surface area contributed by atoms with Crippen molar-refractivity contribution in [2.75, 3.05) is 38.7 Å². The van der Waals surface area contributed by atoms with Crippen LogP contribution in [-0.4, -0.2) is 60.9 Å². The van der Waals surface area contributed by atoms with Crippen molar-refractivity contribution in [3.05, 3.63) is 66.5 Å². The maximum absolute atomic E-state index is 12.7. The SMILES string of the molecule is Cc1cccc(-n2ccnc2SCCOc2ccc(S(=O)(=O)N3CCOCC3)cc2)c1. The van der Waals surface area contributed by atoms with Crippen molar-refractivity contribution < 1.29 is 17.9 Å². The summed E-state index contributed by atoms with van der Waals surface area (Å²) >= 11 is 1.61. The molecule has 0 aliphatic carbocycles. The van der Waals surface area contributed by atoms with E-state index in [0.717, 1.165) is 16.6 Å². The molecule has 3 aromatic rings. The van der Waals surface area contributed by atoms with Gasteiger partial charge in [-0.1, -0.05) is 23.9 Å². The van der Waals surface area contributed by atoms with Crippen molar-refractivity contribution in [2.45, 2.75) is 17.0 Å². The fourth-order valence-corrected chi connectivity index (χ4v) is 5.51. The zero-order valence-corrected chi connectivity index (χ0v) is 18.9. The molecular weight excluding hydrogens is 434 g/mol. The molecule has 0 spiro atoms. The molecule has 164 valence electrons. The summed E-state index contributed by atoms with van der Waals surface area (Å²) in [5.41, 5.74) is 2.28. The minimum absolute atomic E-state index is 0.274. The van der Waals surface area contributed by atoms with Gasteiger partial charge in [0.25, 0.3) is 0 Å². The topological polar surface area (TPSA) is 73.7 Å². The summed E-state index contributed by atoms with van der Waals surface area (Å²) in [6, 6.07) is 14.9. The lowest BCUT2D eigenvalue weighted by atomic mass is 10.2. The van der Waals surface area contributed by atoms with Crippen molar-refractivity contribution in [1.82, 2.24) is 13.9 Å². The van der Waals surface area contributed by atoms with Crippen LogP contribution in [0.1, 0.15) is 5.56 Å². The van der Waals surface area contributed by atoms with Gasteiger partial charge in [0.1, 0.15) is 5.75 Å². The molecule has 1 fully saturated rings. The van der Waals surface area contributed by atoms with Gasteiger partial charge < -0.3 is 9.47 Å². The van der Waals surface area contributed by atoms with E-state index in [1.165, 1.54) is 9.87 Å². The molecule has 31 heavy (non-hydrogen) atoms. The zero-order valence-electron chi connectivity index (χ0n) is 17.3. The first-order chi connectivity index (χ1) is 15.0. The van der Waals surface area contributed by atoms with Gasteiger partial charge in [-0.25, -0.2) is 13.4 Å². The van der Waals surface area contributed by atoms with Crippen LogP contribution in [0.2, 0.25) is 0 Å². The molecule has 9 heteroatoms. The van der Waals surface area contributed by atoms with Crippen LogP contribution in [-0.2, 0) is 14.8 Å². The van der Waals surface area contributed by atoms with E-state index in [1.807, 2.05) is 12.3 Å². The van der Waals surface area contributed by atoms with Crippen LogP contribution in [0.15, 0.2) is 71.0 Å². The van der Waals surface area contributed by atoms with Gasteiger partial charge in [-0.3, -0.25) is 4.57 Å². The van der Waals surface area contributed by atoms with Crippen LogP contribution in [0, 0.1) is 6.92 Å². The maximum atomic E-state index is 12.7. The molecule has 0 atom stereocenters. The number of imidazole rings is 1. The molecule has 4 rings (SSSR count). The summed E-state index contributed by atoms with van der Waals surface area (Å²) < 4.78 is 39.9. The number of sulfonamides is 1. The van der Waals surface area contributed by atoms with E-state index in [4.69, 9.17) is 9.47 Å². The lowest BCUT2D eigenvalue weighted by Crippen LogP contribution is -2.40. The molecule has 0 amide bonds. The fraction of sp³-hybridized carbons (Fsp3) is 0.318. The van der Waals surface area contributed by atoms with Crippen molar-refractivity contribution in [3.8, 4) is 11.4 Å². The highest BCUT2D eigenvalue weighted by atomic mass is 32.2. The third-order valence-corrected chi connectivity index (χ3v) is 7.75. The van der Waals surface area contributed by atoms with Crippen molar-refractivity contribution >= 4 is 21.8 Å². The van der Waals surface area contributed by atoms with E-state index in [-0.39, 0.29) is 4.90 Å². The van der Waals surface area contributed by atoms with Gasteiger partial charge in [-0.15, -0.1) is 0 Å². The van der Waals surface area contributed by atoms with Crippen LogP contribution in [0.5, 0.6) is 5.75 Å². The maximum Gasteiger partial charge on any atom is 0.243 e. The van der Waals surface area contributed by atoms with Crippen LogP contribution in [0.3, 0.4) is 0 Å². The minimum atomic E-state index is -3.49. The predicted molar refractivity (Wildman–Crippen MR) is 121 cm³/mol. The van der Waals surface area contributed by atoms with Gasteiger partial charge in [0.2, 0.25) is 10.0 Å². The van der Waals surface area contributed by atoms with Gasteiger partial charge >= 0.3 is 0 Å². The number of ether oxygens (including phenoxy) is 2. The Morgan fingerprint density at radius 2 is 1.90 bits per heavy atom. The molecule has 0 saturated carbocycles. The molecular formula is C22H25N3O4S2. The summed E-state index contributed by atoms with van der Waals surface area (Å²) in [6.07, 6.45) is 3.74. The molecule has 0 unspecified atom stereocenters. The first-order valence-corrected chi connectivity index (χ1v) is 12.5. The van der Waals surface area contributed by atoms with Gasteiger partial charge in [-0.05, 0) is 48.9 Å². The van der Waals surface area contributed by atoms with Gasteiger partial charge in [0.05, 0.1) is 24.7 Å². The second kappa shape index (κ2) is 9.86. The predicted octanol–water partition coefficient (Wildman–Crippen LogP) is 3.37. The molecule has 1 aliphatic heterocycles. The fourth-order valence-electron chi connectivity index (χ4n) is 3.31. The molecule has 1 saturated heterocycles. The van der Waals surface area contributed by atoms with Crippen LogP contribution < -0.4 is 4.74 Å². The number of benzene rings is 2. The zero-order chi connectivity index (χ0) is 21.7. The number of nitrogens with zero attached hydrogens (tertiary/aromatic N) is 3. The Morgan fingerprint density at radius 3 is 2.65 bits per heavy atom. The molecule has 0 N–H and O–H groups in total. The lowest BCUT2D eigenvalue weighted by molar-refractivity contribution is 0.0730. The van der Waals surface area contributed by atoms with Crippen molar-refractivity contribution in [2.24, 2.45) is 0 Å². The van der Waals surface area contributed by atoms with Gasteiger partial charge in [-0.2, -0.15) is 4.31 Å². The quantitative estimate of drug-likeness (QED) is 0.380. The Hall–Kier alpha value is -2.33. The van der Waals surface area contributed by atoms with E-state index < -0.39 is 10.0 Å². The number of rotatable bonds is 8. The smallest absolute Gasteiger partial charge is 0.243 e. The Morgan fingerprint density at radius 1 is 1.13 bits per heavy atom. The van der Waals surface area contributed by atoms with E-state index in [0.29, 0.717) is 38.7 Å². The average Bonchev–Trinajstić information content (AvgIpc) is 3.26. The molecule has 0 radical (unpaired) electrons. The summed E-state index contributed by atoms with van der Waals surface area (Å²) in [5, 5.41) is 0.904. The number of aryl methyl sites for hydroxylation is 1. The van der Waals surface area contributed by atoms with Crippen molar-refractivity contribution in [3.63, 3.8) is 0 Å². The number of thioether (sulfide) groups is 1. The third kappa shape index (κ3) is 5.30. The first kappa shape index (κ1) is 21.9. The van der Waals surface area contributed by atoms with E-state index in [9.17, 15) is 8.42 Å². The summed E-state index contributed by atoms with van der Waals surface area (Å²) in [7, 11) is -3.49. The van der Waals surface area contributed by atoms with Crippen molar-refractivity contribution in [1.29, 1.82) is 0 Å². The molecule has 2 heterocycles. The van der Waals surface area contributed by atoms with Crippen LogP contribution in [0.25, 0.3) is 5.69 Å². The minimum Gasteiger partial charge on any atom is -0.493 e. The Bertz CT molecular complexity index is 1110. The average molecular weight is 460 g/mol. The summed E-state index contributed by atoms with van der Waals surface area (Å²) in [4.78, 5) is 4.71. The van der Waals surface area contributed by atoms with Crippen LogP contribution >= 0.6 is 11.8 Å². The highest BCUT2D eigenvalue weighted by molar-refractivity contribution is 7.99. The third-order valence-electron chi connectivity index (χ3n) is 4.90. The van der Waals surface area contributed by atoms with E-state index in [2.05, 4.69) is 34.7 Å². The lowest BCUT2D eigenvalue weighted by Gasteiger charge is -2.26. The number of morpholine rings is 1. The Balaban J connectivity index is 1.31. The van der Waals surface area contributed by atoms with Gasteiger partial charge in [0.15, 0.2) is 5.16 Å². The Labute approximate surface area is 187 Å². The highest BCUT2D eigenvalue weighted by Crippen LogP contribution is 2.23. The second-order valence-electron chi connectivity index (χ2n) is 7.10. The largest absolute Gasteiger partial charge is 0.493 e. The highest BCUT2D eigenvalue weighted by Gasteiger charge is 2.26. The summed E-state index contributed by atoms with van der Waals surface area (Å²) in [6.45, 7) is 4.19. The first-order valence-electron chi connectivity index (χ1n) is 10.1. The summed E-state index contributed by atoms with van der Waals surface area (Å²) in [5.74, 6) is 1.36. The van der Waals surface area contributed by atoms with Crippen LogP contribution in [0.4, 0.5) is 0 Å². The second-order valence-corrected chi connectivity index (χ2v) is 10.1. The molecule has 7 nitrogen and oxygen atoms in total.